The molecule has 0 spiro atoms. The average molecular weight is 282 g/mol. The van der Waals surface area contributed by atoms with E-state index in [9.17, 15) is 4.39 Å². The van der Waals surface area contributed by atoms with Crippen LogP contribution in [0.15, 0.2) is 18.5 Å². The van der Waals surface area contributed by atoms with Crippen LogP contribution >= 0.6 is 0 Å². The lowest BCUT2D eigenvalue weighted by Crippen LogP contribution is -2.58. The second kappa shape index (κ2) is 6.58. The molecule has 0 aromatic carbocycles. The molecule has 3 N–H and O–H groups in total. The van der Waals surface area contributed by atoms with Gasteiger partial charge in [-0.1, -0.05) is 6.92 Å². The van der Waals surface area contributed by atoms with Gasteiger partial charge in [-0.05, 0) is 19.4 Å². The van der Waals surface area contributed by atoms with Crippen LogP contribution in [-0.4, -0.2) is 41.7 Å². The molecule has 1 aliphatic heterocycles. The Bertz CT molecular complexity index is 439. The fourth-order valence-corrected chi connectivity index (χ4v) is 2.91. The molecule has 1 aromatic rings. The lowest BCUT2D eigenvalue weighted by molar-refractivity contribution is -0.0333. The smallest absolute Gasteiger partial charge is 0.146 e. The number of hydrogen-bond acceptors (Lipinski definition) is 5. The van der Waals surface area contributed by atoms with Gasteiger partial charge >= 0.3 is 0 Å². The molecule has 1 fully saturated rings. The van der Waals surface area contributed by atoms with Crippen LogP contribution in [0, 0.1) is 5.82 Å². The number of rotatable bonds is 5. The van der Waals surface area contributed by atoms with Gasteiger partial charge in [0.05, 0.1) is 25.5 Å². The van der Waals surface area contributed by atoms with Crippen LogP contribution in [-0.2, 0) is 4.74 Å². The summed E-state index contributed by atoms with van der Waals surface area (Å²) in [6, 6.07) is 1.39. The Labute approximate surface area is 119 Å². The minimum Gasteiger partial charge on any atom is -0.379 e. The Morgan fingerprint density at radius 2 is 2.25 bits per heavy atom. The molecular formula is C14H23FN4O. The van der Waals surface area contributed by atoms with Crippen molar-refractivity contribution in [3.63, 3.8) is 0 Å². The summed E-state index contributed by atoms with van der Waals surface area (Å²) in [4.78, 5) is 6.13. The zero-order valence-corrected chi connectivity index (χ0v) is 12.1. The third kappa shape index (κ3) is 2.83. The maximum Gasteiger partial charge on any atom is 0.146 e. The van der Waals surface area contributed by atoms with Crippen molar-refractivity contribution < 1.29 is 9.13 Å². The molecule has 2 heterocycles. The number of morpholine rings is 1. The first kappa shape index (κ1) is 15.3. The van der Waals surface area contributed by atoms with Crippen molar-refractivity contribution in [2.45, 2.75) is 31.8 Å². The van der Waals surface area contributed by atoms with Crippen molar-refractivity contribution in [2.24, 2.45) is 5.84 Å². The minimum atomic E-state index is -0.330. The summed E-state index contributed by atoms with van der Waals surface area (Å²) < 4.78 is 19.5. The van der Waals surface area contributed by atoms with E-state index < -0.39 is 0 Å². The highest BCUT2D eigenvalue weighted by molar-refractivity contribution is 5.22. The summed E-state index contributed by atoms with van der Waals surface area (Å²) in [7, 11) is 0. The lowest BCUT2D eigenvalue weighted by Gasteiger charge is -2.47. The number of pyridine rings is 1. The normalized spacial score (nSPS) is 21.4. The fourth-order valence-electron chi connectivity index (χ4n) is 2.91. The van der Waals surface area contributed by atoms with Crippen molar-refractivity contribution in [3.05, 3.63) is 29.8 Å². The van der Waals surface area contributed by atoms with E-state index in [1.807, 2.05) is 0 Å². The Kier molecular flexibility index (Phi) is 5.04. The Balaban J connectivity index is 2.33. The highest BCUT2D eigenvalue weighted by atomic mass is 19.1. The first-order chi connectivity index (χ1) is 9.63. The van der Waals surface area contributed by atoms with E-state index in [1.54, 1.807) is 12.3 Å². The monoisotopic (exact) mass is 282 g/mol. The summed E-state index contributed by atoms with van der Waals surface area (Å²) in [5, 5.41) is 0. The van der Waals surface area contributed by atoms with Crippen LogP contribution in [0.5, 0.6) is 0 Å². The second-order valence-electron chi connectivity index (χ2n) is 5.31. The van der Waals surface area contributed by atoms with Crippen molar-refractivity contribution in [1.29, 1.82) is 0 Å². The standard InChI is InChI=1S/C14H23FN4O/c1-3-14(2,19-6-8-20-9-7-19)13(18-16)11-4-5-17-10-12(11)15/h4-5,10,13,18H,3,6-9,16H2,1-2H3. The van der Waals surface area contributed by atoms with E-state index in [2.05, 4.69) is 29.2 Å². The predicted octanol–water partition coefficient (Wildman–Crippen LogP) is 1.23. The number of nitrogens with zero attached hydrogens (tertiary/aromatic N) is 2. The molecule has 6 heteroatoms. The van der Waals surface area contributed by atoms with Crippen LogP contribution in [0.4, 0.5) is 4.39 Å². The van der Waals surface area contributed by atoms with E-state index in [-0.39, 0.29) is 17.4 Å². The van der Waals surface area contributed by atoms with Gasteiger partial charge in [0.2, 0.25) is 0 Å². The van der Waals surface area contributed by atoms with Gasteiger partial charge in [-0.25, -0.2) is 4.39 Å². The van der Waals surface area contributed by atoms with Crippen molar-refractivity contribution >= 4 is 0 Å². The molecule has 1 aliphatic rings. The summed E-state index contributed by atoms with van der Waals surface area (Å²) in [6.07, 6.45) is 3.68. The van der Waals surface area contributed by atoms with Gasteiger partial charge in [-0.2, -0.15) is 0 Å². The van der Waals surface area contributed by atoms with E-state index in [0.717, 1.165) is 19.5 Å². The summed E-state index contributed by atoms with van der Waals surface area (Å²) in [5.41, 5.74) is 3.07. The van der Waals surface area contributed by atoms with Crippen molar-refractivity contribution in [1.82, 2.24) is 15.3 Å². The molecule has 2 atom stereocenters. The molecule has 0 amide bonds. The van der Waals surface area contributed by atoms with Gasteiger partial charge in [0.1, 0.15) is 5.82 Å². The summed E-state index contributed by atoms with van der Waals surface area (Å²) >= 11 is 0. The Morgan fingerprint density at radius 1 is 1.55 bits per heavy atom. The van der Waals surface area contributed by atoms with Crippen LogP contribution in [0.1, 0.15) is 31.9 Å². The zero-order chi connectivity index (χ0) is 14.6. The highest BCUT2D eigenvalue weighted by Crippen LogP contribution is 2.35. The topological polar surface area (TPSA) is 63.4 Å². The molecule has 2 unspecified atom stereocenters. The van der Waals surface area contributed by atoms with E-state index in [1.165, 1.54) is 6.20 Å². The van der Waals surface area contributed by atoms with Gasteiger partial charge in [-0.15, -0.1) is 0 Å². The van der Waals surface area contributed by atoms with Crippen LogP contribution < -0.4 is 11.3 Å². The molecule has 0 bridgehead atoms. The van der Waals surface area contributed by atoms with Gasteiger partial charge < -0.3 is 4.74 Å². The first-order valence-corrected chi connectivity index (χ1v) is 7.01. The number of aromatic nitrogens is 1. The molecule has 5 nitrogen and oxygen atoms in total. The molecule has 0 saturated carbocycles. The third-order valence-electron chi connectivity index (χ3n) is 4.35. The molecular weight excluding hydrogens is 259 g/mol. The van der Waals surface area contributed by atoms with Crippen molar-refractivity contribution in [3.8, 4) is 0 Å². The van der Waals surface area contributed by atoms with E-state index in [4.69, 9.17) is 10.6 Å². The highest BCUT2D eigenvalue weighted by Gasteiger charge is 2.40. The molecule has 20 heavy (non-hydrogen) atoms. The molecule has 2 rings (SSSR count). The number of nitrogens with one attached hydrogen (secondary N) is 1. The number of hydrazine groups is 1. The molecule has 1 aromatic heterocycles. The maximum absolute atomic E-state index is 14.1. The minimum absolute atomic E-state index is 0.277. The maximum atomic E-state index is 14.1. The SMILES string of the molecule is CCC(C)(C(NN)c1ccncc1F)N1CCOCC1. The number of nitrogens with two attached hydrogens (primary N) is 1. The second-order valence-corrected chi connectivity index (χ2v) is 5.31. The summed E-state index contributed by atoms with van der Waals surface area (Å²) in [5.74, 6) is 5.42. The third-order valence-corrected chi connectivity index (χ3v) is 4.35. The molecule has 0 aliphatic carbocycles. The summed E-state index contributed by atoms with van der Waals surface area (Å²) in [6.45, 7) is 7.27. The number of hydrogen-bond donors (Lipinski definition) is 2. The Hall–Kier alpha value is -1.08. The van der Waals surface area contributed by atoms with Gasteiger partial charge in [0, 0.05) is 30.4 Å². The fraction of sp³-hybridized carbons (Fsp3) is 0.643. The van der Waals surface area contributed by atoms with Gasteiger partial charge in [0.15, 0.2) is 0 Å². The average Bonchev–Trinajstić information content (AvgIpc) is 2.50. The molecule has 112 valence electrons. The Morgan fingerprint density at radius 3 is 2.80 bits per heavy atom. The number of ether oxygens (including phenoxy) is 1. The van der Waals surface area contributed by atoms with E-state index in [0.29, 0.717) is 18.8 Å². The zero-order valence-electron chi connectivity index (χ0n) is 12.1. The molecule has 0 radical (unpaired) electrons. The largest absolute Gasteiger partial charge is 0.379 e. The van der Waals surface area contributed by atoms with Gasteiger partial charge in [0.25, 0.3) is 0 Å². The van der Waals surface area contributed by atoms with Crippen LogP contribution in [0.25, 0.3) is 0 Å². The van der Waals surface area contributed by atoms with Crippen LogP contribution in [0.2, 0.25) is 0 Å². The predicted molar refractivity (Wildman–Crippen MR) is 75.3 cm³/mol. The molecule has 1 saturated heterocycles. The van der Waals surface area contributed by atoms with Crippen LogP contribution in [0.3, 0.4) is 0 Å². The van der Waals surface area contributed by atoms with Crippen molar-refractivity contribution in [2.75, 3.05) is 26.3 Å². The van der Waals surface area contributed by atoms with E-state index >= 15 is 0 Å². The number of halogens is 1. The first-order valence-electron chi connectivity index (χ1n) is 7.01. The quantitative estimate of drug-likeness (QED) is 0.628. The van der Waals surface area contributed by atoms with Gasteiger partial charge in [-0.3, -0.25) is 21.2 Å². The lowest BCUT2D eigenvalue weighted by atomic mass is 9.83.